The number of ether oxygens (including phenoxy) is 1. The van der Waals surface area contributed by atoms with Crippen LogP contribution in [0.5, 0.6) is 0 Å². The third-order valence-electron chi connectivity index (χ3n) is 1.96. The van der Waals surface area contributed by atoms with Crippen molar-refractivity contribution in [2.24, 2.45) is 5.41 Å². The Bertz CT molecular complexity index is 275. The number of carbonyl (C=O) groups excluding carboxylic acids is 1. The van der Waals surface area contributed by atoms with Crippen molar-refractivity contribution < 1.29 is 14.0 Å². The number of hydrogen-bond acceptors (Lipinski definition) is 4. The van der Waals surface area contributed by atoms with Crippen LogP contribution in [0.1, 0.15) is 13.8 Å². The molecule has 0 saturated heterocycles. The first-order valence-corrected chi connectivity index (χ1v) is 8.22. The van der Waals surface area contributed by atoms with Crippen molar-refractivity contribution in [3.63, 3.8) is 0 Å². The molecule has 0 aromatic rings. The van der Waals surface area contributed by atoms with Crippen LogP contribution >= 0.6 is 0 Å². The first-order chi connectivity index (χ1) is 6.65. The average Bonchev–Trinajstić information content (AvgIpc) is 2.10. The zero-order valence-electron chi connectivity index (χ0n) is 10.2. The molecule has 86 valence electrons. The van der Waals surface area contributed by atoms with Crippen molar-refractivity contribution in [1.29, 1.82) is 5.26 Å². The summed E-state index contributed by atoms with van der Waals surface area (Å²) in [5.41, 5.74) is -0.927. The molecule has 15 heavy (non-hydrogen) atoms. The summed E-state index contributed by atoms with van der Waals surface area (Å²) in [6.45, 7) is 9.25. The molecule has 0 heterocycles. The molecular formula is C10H19NO3Si. The number of hydrogen-bond donors (Lipinski definition) is 0. The molecule has 5 heteroatoms. The maximum absolute atomic E-state index is 11.5. The van der Waals surface area contributed by atoms with Gasteiger partial charge in [0.05, 0.1) is 13.2 Å². The second-order valence-corrected chi connectivity index (χ2v) is 9.41. The summed E-state index contributed by atoms with van der Waals surface area (Å²) in [6.07, 6.45) is -0.753. The van der Waals surface area contributed by atoms with Gasteiger partial charge in [0.1, 0.15) is 11.5 Å². The van der Waals surface area contributed by atoms with Gasteiger partial charge in [-0.3, -0.25) is 4.79 Å². The molecule has 4 nitrogen and oxygen atoms in total. The van der Waals surface area contributed by atoms with Crippen LogP contribution in [0, 0.1) is 16.7 Å². The highest BCUT2D eigenvalue weighted by molar-refractivity contribution is 6.69. The number of esters is 1. The molecule has 0 aromatic heterocycles. The second-order valence-electron chi connectivity index (χ2n) is 4.95. The zero-order chi connectivity index (χ0) is 12.3. The van der Waals surface area contributed by atoms with Crippen molar-refractivity contribution in [2.45, 2.75) is 39.6 Å². The van der Waals surface area contributed by atoms with Crippen LogP contribution in [0.2, 0.25) is 19.6 Å². The Morgan fingerprint density at radius 2 is 1.87 bits per heavy atom. The first-order valence-electron chi connectivity index (χ1n) is 4.81. The van der Waals surface area contributed by atoms with Gasteiger partial charge in [0.2, 0.25) is 0 Å². The summed E-state index contributed by atoms with van der Waals surface area (Å²) in [6, 6.07) is 2.03. The lowest BCUT2D eigenvalue weighted by atomic mass is 9.87. The van der Waals surface area contributed by atoms with Crippen LogP contribution < -0.4 is 0 Å². The van der Waals surface area contributed by atoms with Crippen LogP contribution in [0.25, 0.3) is 0 Å². The van der Waals surface area contributed by atoms with Crippen LogP contribution in [0.15, 0.2) is 0 Å². The van der Waals surface area contributed by atoms with E-state index >= 15 is 0 Å². The van der Waals surface area contributed by atoms with Gasteiger partial charge >= 0.3 is 5.97 Å². The van der Waals surface area contributed by atoms with Gasteiger partial charge < -0.3 is 9.16 Å². The largest absolute Gasteiger partial charge is 0.469 e. The van der Waals surface area contributed by atoms with Crippen molar-refractivity contribution >= 4 is 14.3 Å². The lowest BCUT2D eigenvalue weighted by Crippen LogP contribution is -2.44. The van der Waals surface area contributed by atoms with Crippen molar-refractivity contribution in [1.82, 2.24) is 0 Å². The van der Waals surface area contributed by atoms with Crippen molar-refractivity contribution in [3.05, 3.63) is 0 Å². The summed E-state index contributed by atoms with van der Waals surface area (Å²) < 4.78 is 10.3. The summed E-state index contributed by atoms with van der Waals surface area (Å²) in [5, 5.41) is 9.01. The smallest absolute Gasteiger partial charge is 0.314 e. The van der Waals surface area contributed by atoms with E-state index in [-0.39, 0.29) is 0 Å². The fourth-order valence-electron chi connectivity index (χ4n) is 1.06. The van der Waals surface area contributed by atoms with Crippen LogP contribution in [0.4, 0.5) is 0 Å². The van der Waals surface area contributed by atoms with E-state index in [9.17, 15) is 4.79 Å². The van der Waals surface area contributed by atoms with E-state index in [0.29, 0.717) is 0 Å². The Hall–Kier alpha value is -0.863. The maximum Gasteiger partial charge on any atom is 0.314 e. The Labute approximate surface area is 92.3 Å². The van der Waals surface area contributed by atoms with E-state index in [1.807, 2.05) is 25.7 Å². The summed E-state index contributed by atoms with van der Waals surface area (Å²) in [4.78, 5) is 11.5. The molecule has 0 spiro atoms. The molecule has 0 rings (SSSR count). The Balaban J connectivity index is 4.83. The van der Waals surface area contributed by atoms with E-state index < -0.39 is 25.8 Å². The fraction of sp³-hybridized carbons (Fsp3) is 0.800. The molecule has 1 unspecified atom stereocenters. The second kappa shape index (κ2) is 4.77. The number of nitriles is 1. The number of carbonyl (C=O) groups is 1. The van der Waals surface area contributed by atoms with Crippen LogP contribution in [-0.4, -0.2) is 27.5 Å². The van der Waals surface area contributed by atoms with E-state index in [1.54, 1.807) is 13.8 Å². The third kappa shape index (κ3) is 4.02. The topological polar surface area (TPSA) is 59.3 Å². The molecule has 0 bridgehead atoms. The minimum Gasteiger partial charge on any atom is -0.469 e. The molecule has 0 amide bonds. The monoisotopic (exact) mass is 229 g/mol. The van der Waals surface area contributed by atoms with E-state index in [1.165, 1.54) is 7.11 Å². The minimum absolute atomic E-state index is 0.424. The summed E-state index contributed by atoms with van der Waals surface area (Å²) in [5.74, 6) is -0.424. The normalized spacial score (nSPS) is 14.2. The van der Waals surface area contributed by atoms with Gasteiger partial charge in [-0.1, -0.05) is 0 Å². The van der Waals surface area contributed by atoms with Crippen LogP contribution in [0.3, 0.4) is 0 Å². The highest BCUT2D eigenvalue weighted by atomic mass is 28.4. The molecule has 0 aliphatic rings. The Morgan fingerprint density at radius 1 is 1.40 bits per heavy atom. The number of methoxy groups -OCH3 is 1. The molecule has 0 aliphatic heterocycles. The molecule has 0 fully saturated rings. The Kier molecular flexibility index (Phi) is 4.50. The molecule has 0 aliphatic carbocycles. The molecule has 0 radical (unpaired) electrons. The van der Waals surface area contributed by atoms with Gasteiger partial charge in [-0.2, -0.15) is 5.26 Å². The first kappa shape index (κ1) is 14.1. The molecule has 1 atom stereocenters. The molecule has 0 N–H and O–H groups in total. The van der Waals surface area contributed by atoms with Crippen molar-refractivity contribution in [2.75, 3.05) is 7.11 Å². The Morgan fingerprint density at radius 3 is 2.13 bits per heavy atom. The average molecular weight is 229 g/mol. The fourth-order valence-corrected chi connectivity index (χ4v) is 2.11. The maximum atomic E-state index is 11.5. The standard InChI is InChI=1S/C10H19NO3Si/c1-10(2,9(12)13-3)8(7-11)14-15(4,5)6/h8H,1-6H3. The van der Waals surface area contributed by atoms with E-state index in [2.05, 4.69) is 4.74 Å². The quantitative estimate of drug-likeness (QED) is 0.546. The van der Waals surface area contributed by atoms with Crippen LogP contribution in [-0.2, 0) is 14.0 Å². The lowest BCUT2D eigenvalue weighted by molar-refractivity contribution is -0.154. The van der Waals surface area contributed by atoms with Gasteiger partial charge in [0, 0.05) is 0 Å². The van der Waals surface area contributed by atoms with Crippen molar-refractivity contribution in [3.8, 4) is 6.07 Å². The van der Waals surface area contributed by atoms with Gasteiger partial charge in [0.15, 0.2) is 8.32 Å². The molecular weight excluding hydrogens is 210 g/mol. The SMILES string of the molecule is COC(=O)C(C)(C)C(C#N)O[Si](C)(C)C. The number of rotatable bonds is 4. The predicted molar refractivity (Wildman–Crippen MR) is 59.6 cm³/mol. The highest BCUT2D eigenvalue weighted by Gasteiger charge is 2.41. The third-order valence-corrected chi connectivity index (χ3v) is 2.90. The highest BCUT2D eigenvalue weighted by Crippen LogP contribution is 2.27. The minimum atomic E-state index is -1.84. The summed E-state index contributed by atoms with van der Waals surface area (Å²) in [7, 11) is -0.527. The lowest BCUT2D eigenvalue weighted by Gasteiger charge is -2.31. The van der Waals surface area contributed by atoms with Gasteiger partial charge in [-0.15, -0.1) is 0 Å². The molecule has 0 aromatic carbocycles. The van der Waals surface area contributed by atoms with E-state index in [0.717, 1.165) is 0 Å². The van der Waals surface area contributed by atoms with Gasteiger partial charge in [0.25, 0.3) is 0 Å². The molecule has 0 saturated carbocycles. The predicted octanol–water partition coefficient (Wildman–Crippen LogP) is 1.93. The summed E-state index contributed by atoms with van der Waals surface area (Å²) >= 11 is 0. The number of nitrogens with zero attached hydrogens (tertiary/aromatic N) is 1. The zero-order valence-corrected chi connectivity index (χ0v) is 11.2. The van der Waals surface area contributed by atoms with Gasteiger partial charge in [-0.25, -0.2) is 0 Å². The van der Waals surface area contributed by atoms with E-state index in [4.69, 9.17) is 9.69 Å². The van der Waals surface area contributed by atoms with Gasteiger partial charge in [-0.05, 0) is 33.5 Å².